The fraction of sp³-hybridized carbons (Fsp3) is 0.190. The summed E-state index contributed by atoms with van der Waals surface area (Å²) >= 11 is 5.55. The Morgan fingerprint density at radius 2 is 2.10 bits per heavy atom. The molecule has 0 bridgehead atoms. The maximum absolute atomic E-state index is 12.5. The van der Waals surface area contributed by atoms with Crippen LogP contribution >= 0.6 is 38.8 Å². The van der Waals surface area contributed by atoms with E-state index in [1.165, 1.54) is 0 Å². The third-order valence-corrected chi connectivity index (χ3v) is 6.27. The van der Waals surface area contributed by atoms with E-state index in [1.54, 1.807) is 16.4 Å². The molecule has 6 nitrogen and oxygen atoms in total. The van der Waals surface area contributed by atoms with E-state index in [0.717, 1.165) is 44.7 Å². The van der Waals surface area contributed by atoms with Crippen molar-refractivity contribution in [1.29, 1.82) is 0 Å². The Morgan fingerprint density at radius 3 is 2.93 bits per heavy atom. The zero-order valence-electron chi connectivity index (χ0n) is 15.7. The van der Waals surface area contributed by atoms with Crippen LogP contribution in [-0.4, -0.2) is 29.5 Å². The number of hydrogen-bond acceptors (Lipinski definition) is 5. The first-order chi connectivity index (χ1) is 14.1. The van der Waals surface area contributed by atoms with Crippen LogP contribution in [0.2, 0.25) is 0 Å². The lowest BCUT2D eigenvalue weighted by Crippen LogP contribution is -2.20. The van der Waals surface area contributed by atoms with Crippen LogP contribution in [0, 0.1) is 0 Å². The summed E-state index contributed by atoms with van der Waals surface area (Å²) in [5.41, 5.74) is 4.51. The standard InChI is InChI=1S/C21H18BrIN4O2/c1-29-18-7-6-15(22)10-13(18)8-9-24-21-25-12-14-11-19(28)27(23)17-5-3-2-4-16(17)20(14)26-21/h2-7,10,12H,8-9,11H2,1H3,(H,24,25,26). The van der Waals surface area contributed by atoms with Gasteiger partial charge in [-0.05, 0) is 36.2 Å². The third-order valence-electron chi connectivity index (χ3n) is 4.72. The van der Waals surface area contributed by atoms with Gasteiger partial charge in [0.25, 0.3) is 0 Å². The van der Waals surface area contributed by atoms with E-state index in [9.17, 15) is 4.79 Å². The number of benzene rings is 2. The van der Waals surface area contributed by atoms with Crippen molar-refractivity contribution >= 4 is 56.3 Å². The molecule has 8 heteroatoms. The van der Waals surface area contributed by atoms with Crippen molar-refractivity contribution in [2.75, 3.05) is 22.1 Å². The average Bonchev–Trinajstić information content (AvgIpc) is 2.84. The predicted octanol–water partition coefficient (Wildman–Crippen LogP) is 4.81. The van der Waals surface area contributed by atoms with Crippen LogP contribution in [0.3, 0.4) is 0 Å². The Morgan fingerprint density at radius 1 is 1.28 bits per heavy atom. The Kier molecular flexibility index (Phi) is 6.00. The normalized spacial score (nSPS) is 12.8. The highest BCUT2D eigenvalue weighted by molar-refractivity contribution is 14.1. The lowest BCUT2D eigenvalue weighted by molar-refractivity contribution is -0.116. The molecule has 0 radical (unpaired) electrons. The highest BCUT2D eigenvalue weighted by Gasteiger charge is 2.25. The van der Waals surface area contributed by atoms with E-state index in [-0.39, 0.29) is 12.3 Å². The van der Waals surface area contributed by atoms with Crippen LogP contribution < -0.4 is 13.2 Å². The zero-order chi connectivity index (χ0) is 20.4. The maximum atomic E-state index is 12.5. The van der Waals surface area contributed by atoms with Crippen LogP contribution in [0.15, 0.2) is 53.1 Å². The number of anilines is 2. The lowest BCUT2D eigenvalue weighted by atomic mass is 10.1. The van der Waals surface area contributed by atoms with E-state index < -0.39 is 0 Å². The minimum atomic E-state index is 0.0165. The van der Waals surface area contributed by atoms with Gasteiger partial charge in [-0.3, -0.25) is 7.91 Å². The van der Waals surface area contributed by atoms with Gasteiger partial charge in [-0.1, -0.05) is 34.1 Å². The lowest BCUT2D eigenvalue weighted by Gasteiger charge is -2.14. The van der Waals surface area contributed by atoms with Crippen molar-refractivity contribution in [2.24, 2.45) is 0 Å². The number of hydrogen-bond donors (Lipinski definition) is 1. The molecule has 1 aliphatic rings. The van der Waals surface area contributed by atoms with Crippen molar-refractivity contribution < 1.29 is 9.53 Å². The quantitative estimate of drug-likeness (QED) is 0.356. The van der Waals surface area contributed by atoms with Crippen LogP contribution in [-0.2, 0) is 17.6 Å². The minimum absolute atomic E-state index is 0.0165. The summed E-state index contributed by atoms with van der Waals surface area (Å²) in [6, 6.07) is 13.8. The topological polar surface area (TPSA) is 67.3 Å². The number of para-hydroxylation sites is 1. The SMILES string of the molecule is COc1ccc(Br)cc1CCNc1ncc2c(n1)-c1ccccc1N(I)C(=O)C2. The molecule has 0 saturated heterocycles. The second-order valence-electron chi connectivity index (χ2n) is 6.57. The van der Waals surface area contributed by atoms with Gasteiger partial charge >= 0.3 is 0 Å². The number of ether oxygens (including phenoxy) is 1. The number of carbonyl (C=O) groups is 1. The van der Waals surface area contributed by atoms with E-state index in [4.69, 9.17) is 9.72 Å². The van der Waals surface area contributed by atoms with Gasteiger partial charge in [0.05, 0.1) is 47.8 Å². The molecule has 4 rings (SSSR count). The van der Waals surface area contributed by atoms with Crippen molar-refractivity contribution in [3.63, 3.8) is 0 Å². The summed E-state index contributed by atoms with van der Waals surface area (Å²) in [6.45, 7) is 0.657. The summed E-state index contributed by atoms with van der Waals surface area (Å²) in [4.78, 5) is 21.6. The van der Waals surface area contributed by atoms with Gasteiger partial charge in [0.15, 0.2) is 0 Å². The first kappa shape index (κ1) is 20.1. The molecule has 148 valence electrons. The molecular formula is C21H18BrIN4O2. The van der Waals surface area contributed by atoms with Crippen LogP contribution in [0.5, 0.6) is 5.75 Å². The Labute approximate surface area is 191 Å². The highest BCUT2D eigenvalue weighted by Crippen LogP contribution is 2.37. The summed E-state index contributed by atoms with van der Waals surface area (Å²) in [6.07, 6.45) is 2.79. The van der Waals surface area contributed by atoms with Crippen molar-refractivity contribution in [1.82, 2.24) is 9.97 Å². The molecule has 0 fully saturated rings. The largest absolute Gasteiger partial charge is 0.496 e. The van der Waals surface area contributed by atoms with Gasteiger partial charge < -0.3 is 10.1 Å². The number of nitrogens with zero attached hydrogens (tertiary/aromatic N) is 3. The molecule has 0 atom stereocenters. The molecule has 1 N–H and O–H groups in total. The van der Waals surface area contributed by atoms with Crippen molar-refractivity contribution in [2.45, 2.75) is 12.8 Å². The van der Waals surface area contributed by atoms with Gasteiger partial charge in [-0.2, -0.15) is 0 Å². The summed E-state index contributed by atoms with van der Waals surface area (Å²) in [5, 5.41) is 3.29. The molecule has 0 aliphatic carbocycles. The number of rotatable bonds is 5. The van der Waals surface area contributed by atoms with Gasteiger partial charge in [-0.15, -0.1) is 0 Å². The zero-order valence-corrected chi connectivity index (χ0v) is 19.4. The van der Waals surface area contributed by atoms with Crippen LogP contribution in [0.25, 0.3) is 11.3 Å². The molecule has 1 amide bonds. The Hall–Kier alpha value is -2.20. The number of fused-ring (bicyclic) bond motifs is 3. The van der Waals surface area contributed by atoms with Crippen LogP contribution in [0.4, 0.5) is 11.6 Å². The van der Waals surface area contributed by atoms with E-state index in [1.807, 2.05) is 59.3 Å². The number of nitrogens with one attached hydrogen (secondary N) is 1. The van der Waals surface area contributed by atoms with E-state index in [0.29, 0.717) is 12.5 Å². The Balaban J connectivity index is 1.57. The highest BCUT2D eigenvalue weighted by atomic mass is 127. The summed E-state index contributed by atoms with van der Waals surface area (Å²) in [7, 11) is 1.67. The number of amides is 1. The molecule has 2 heterocycles. The maximum Gasteiger partial charge on any atom is 0.240 e. The van der Waals surface area contributed by atoms with Gasteiger partial charge in [0.2, 0.25) is 11.9 Å². The molecule has 2 aromatic carbocycles. The van der Waals surface area contributed by atoms with Crippen LogP contribution in [0.1, 0.15) is 11.1 Å². The second-order valence-corrected chi connectivity index (χ2v) is 8.45. The van der Waals surface area contributed by atoms with Gasteiger partial charge in [0.1, 0.15) is 5.75 Å². The molecule has 0 spiro atoms. The first-order valence-corrected chi connectivity index (χ1v) is 10.8. The third kappa shape index (κ3) is 4.23. The molecule has 3 aromatic rings. The number of methoxy groups -OCH3 is 1. The minimum Gasteiger partial charge on any atom is -0.496 e. The second kappa shape index (κ2) is 8.66. The molecule has 1 aromatic heterocycles. The molecular weight excluding hydrogens is 547 g/mol. The summed E-state index contributed by atoms with van der Waals surface area (Å²) in [5.74, 6) is 1.41. The Bertz CT molecular complexity index is 1080. The number of aromatic nitrogens is 2. The van der Waals surface area contributed by atoms with E-state index >= 15 is 0 Å². The first-order valence-electron chi connectivity index (χ1n) is 9.07. The average molecular weight is 565 g/mol. The smallest absolute Gasteiger partial charge is 0.240 e. The van der Waals surface area contributed by atoms with Gasteiger partial charge in [0, 0.05) is 28.3 Å². The van der Waals surface area contributed by atoms with E-state index in [2.05, 4.69) is 32.3 Å². The predicted molar refractivity (Wildman–Crippen MR) is 126 cm³/mol. The van der Waals surface area contributed by atoms with Crippen molar-refractivity contribution in [3.05, 3.63) is 64.3 Å². The monoisotopic (exact) mass is 564 g/mol. The molecule has 0 unspecified atom stereocenters. The molecule has 0 saturated carbocycles. The number of carbonyl (C=O) groups excluding carboxylic acids is 1. The van der Waals surface area contributed by atoms with Gasteiger partial charge in [-0.25, -0.2) is 9.97 Å². The van der Waals surface area contributed by atoms with Crippen molar-refractivity contribution in [3.8, 4) is 17.0 Å². The number of halogens is 2. The fourth-order valence-electron chi connectivity index (χ4n) is 3.32. The fourth-order valence-corrected chi connectivity index (χ4v) is 4.32. The summed E-state index contributed by atoms with van der Waals surface area (Å²) < 4.78 is 8.10. The molecule has 1 aliphatic heterocycles. The molecule has 29 heavy (non-hydrogen) atoms.